The summed E-state index contributed by atoms with van der Waals surface area (Å²) < 4.78 is 0. The first kappa shape index (κ1) is 16.1. The maximum Gasteiger partial charge on any atom is 0.0917 e. The van der Waals surface area contributed by atoms with Crippen molar-refractivity contribution in [1.29, 1.82) is 0 Å². The number of anilines is 1. The molecule has 1 aliphatic rings. The molecule has 3 heteroatoms. The predicted molar refractivity (Wildman–Crippen MR) is 104 cm³/mol. The SMILES string of the molecule is OC(CN1CCN(c2ccccc2)CC1)c1ccc2ccccc2c1. The Hall–Kier alpha value is -2.36. The number of hydrogen-bond acceptors (Lipinski definition) is 3. The van der Waals surface area contributed by atoms with Gasteiger partial charge in [0.25, 0.3) is 0 Å². The van der Waals surface area contributed by atoms with E-state index in [4.69, 9.17) is 0 Å². The van der Waals surface area contributed by atoms with Crippen molar-refractivity contribution in [3.63, 3.8) is 0 Å². The molecule has 1 N–H and O–H groups in total. The van der Waals surface area contributed by atoms with E-state index in [1.54, 1.807) is 0 Å². The van der Waals surface area contributed by atoms with Gasteiger partial charge in [-0.05, 0) is 34.5 Å². The lowest BCUT2D eigenvalue weighted by Crippen LogP contribution is -2.47. The fourth-order valence-electron chi connectivity index (χ4n) is 3.59. The highest BCUT2D eigenvalue weighted by molar-refractivity contribution is 5.83. The third kappa shape index (κ3) is 3.68. The van der Waals surface area contributed by atoms with Crippen LogP contribution in [0.5, 0.6) is 0 Å². The van der Waals surface area contributed by atoms with Crippen LogP contribution in [-0.4, -0.2) is 42.7 Å². The lowest BCUT2D eigenvalue weighted by molar-refractivity contribution is 0.109. The van der Waals surface area contributed by atoms with Crippen molar-refractivity contribution in [1.82, 2.24) is 4.90 Å². The minimum Gasteiger partial charge on any atom is -0.387 e. The van der Waals surface area contributed by atoms with E-state index in [0.29, 0.717) is 6.54 Å². The third-order valence-corrected chi connectivity index (χ3v) is 5.08. The molecule has 0 radical (unpaired) electrons. The summed E-state index contributed by atoms with van der Waals surface area (Å²) in [5, 5.41) is 13.1. The molecule has 1 aliphatic heterocycles. The molecule has 1 atom stereocenters. The normalized spacial score (nSPS) is 16.9. The van der Waals surface area contributed by atoms with Gasteiger partial charge in [0, 0.05) is 38.4 Å². The van der Waals surface area contributed by atoms with Gasteiger partial charge in [0.15, 0.2) is 0 Å². The second kappa shape index (κ2) is 7.26. The molecule has 1 heterocycles. The highest BCUT2D eigenvalue weighted by Crippen LogP contribution is 2.22. The van der Waals surface area contributed by atoms with Crippen molar-refractivity contribution < 1.29 is 5.11 Å². The second-order valence-electron chi connectivity index (χ2n) is 6.75. The molecule has 0 aliphatic carbocycles. The van der Waals surface area contributed by atoms with Gasteiger partial charge in [-0.1, -0.05) is 54.6 Å². The molecule has 25 heavy (non-hydrogen) atoms. The van der Waals surface area contributed by atoms with Crippen molar-refractivity contribution in [2.45, 2.75) is 6.10 Å². The zero-order valence-electron chi connectivity index (χ0n) is 14.4. The van der Waals surface area contributed by atoms with E-state index in [9.17, 15) is 5.11 Å². The summed E-state index contributed by atoms with van der Waals surface area (Å²) in [6, 6.07) is 25.1. The molecule has 3 nitrogen and oxygen atoms in total. The van der Waals surface area contributed by atoms with Crippen LogP contribution in [0.1, 0.15) is 11.7 Å². The van der Waals surface area contributed by atoms with E-state index >= 15 is 0 Å². The first-order valence-electron chi connectivity index (χ1n) is 8.99. The van der Waals surface area contributed by atoms with Crippen LogP contribution in [0.2, 0.25) is 0 Å². The molecular formula is C22H24N2O. The smallest absolute Gasteiger partial charge is 0.0917 e. The van der Waals surface area contributed by atoms with E-state index in [1.165, 1.54) is 16.5 Å². The minimum atomic E-state index is -0.437. The summed E-state index contributed by atoms with van der Waals surface area (Å²) in [4.78, 5) is 4.78. The monoisotopic (exact) mass is 332 g/mol. The Labute approximate surface area is 149 Å². The number of fused-ring (bicyclic) bond motifs is 1. The Morgan fingerprint density at radius 2 is 1.44 bits per heavy atom. The van der Waals surface area contributed by atoms with Gasteiger partial charge in [-0.25, -0.2) is 0 Å². The van der Waals surface area contributed by atoms with Crippen LogP contribution in [0.25, 0.3) is 10.8 Å². The van der Waals surface area contributed by atoms with Gasteiger partial charge in [0.1, 0.15) is 0 Å². The van der Waals surface area contributed by atoms with Crippen LogP contribution in [0.3, 0.4) is 0 Å². The molecule has 0 bridgehead atoms. The number of β-amino-alcohol motifs (C(OH)–C–C–N with tert-alkyl or cyclic N) is 1. The van der Waals surface area contributed by atoms with Crippen LogP contribution in [0.15, 0.2) is 72.8 Å². The van der Waals surface area contributed by atoms with Crippen molar-refractivity contribution in [3.8, 4) is 0 Å². The average molecular weight is 332 g/mol. The molecule has 1 unspecified atom stereocenters. The summed E-state index contributed by atoms with van der Waals surface area (Å²) >= 11 is 0. The number of rotatable bonds is 4. The van der Waals surface area contributed by atoms with E-state index in [1.807, 2.05) is 18.2 Å². The highest BCUT2D eigenvalue weighted by atomic mass is 16.3. The zero-order valence-corrected chi connectivity index (χ0v) is 14.4. The van der Waals surface area contributed by atoms with E-state index in [0.717, 1.165) is 31.7 Å². The Balaban J connectivity index is 1.37. The lowest BCUT2D eigenvalue weighted by Gasteiger charge is -2.37. The van der Waals surface area contributed by atoms with Crippen LogP contribution in [-0.2, 0) is 0 Å². The topological polar surface area (TPSA) is 26.7 Å². The lowest BCUT2D eigenvalue weighted by atomic mass is 10.0. The highest BCUT2D eigenvalue weighted by Gasteiger charge is 2.20. The molecule has 1 saturated heterocycles. The molecular weight excluding hydrogens is 308 g/mol. The van der Waals surface area contributed by atoms with Gasteiger partial charge in [-0.3, -0.25) is 4.90 Å². The van der Waals surface area contributed by atoms with Gasteiger partial charge in [-0.15, -0.1) is 0 Å². The Morgan fingerprint density at radius 3 is 2.20 bits per heavy atom. The van der Waals surface area contributed by atoms with E-state index in [-0.39, 0.29) is 0 Å². The Morgan fingerprint density at radius 1 is 0.760 bits per heavy atom. The molecule has 1 fully saturated rings. The standard InChI is InChI=1S/C22H24N2O/c25-22(20-11-10-18-6-4-5-7-19(18)16-20)17-23-12-14-24(15-13-23)21-8-2-1-3-9-21/h1-11,16,22,25H,12-15,17H2. The number of hydrogen-bond donors (Lipinski definition) is 1. The number of para-hydroxylation sites is 1. The van der Waals surface area contributed by atoms with Crippen molar-refractivity contribution in [3.05, 3.63) is 78.4 Å². The van der Waals surface area contributed by atoms with Crippen LogP contribution < -0.4 is 4.90 Å². The summed E-state index contributed by atoms with van der Waals surface area (Å²) in [7, 11) is 0. The van der Waals surface area contributed by atoms with Gasteiger partial charge < -0.3 is 10.0 Å². The molecule has 4 rings (SSSR count). The summed E-state index contributed by atoms with van der Waals surface area (Å²) in [6.07, 6.45) is -0.437. The summed E-state index contributed by atoms with van der Waals surface area (Å²) in [5.41, 5.74) is 2.29. The maximum atomic E-state index is 10.7. The van der Waals surface area contributed by atoms with Crippen molar-refractivity contribution in [2.75, 3.05) is 37.6 Å². The van der Waals surface area contributed by atoms with Gasteiger partial charge in [0.2, 0.25) is 0 Å². The minimum absolute atomic E-state index is 0.437. The number of aliphatic hydroxyl groups excluding tert-OH is 1. The van der Waals surface area contributed by atoms with E-state index in [2.05, 4.69) is 64.4 Å². The van der Waals surface area contributed by atoms with Crippen LogP contribution in [0.4, 0.5) is 5.69 Å². The second-order valence-corrected chi connectivity index (χ2v) is 6.75. The van der Waals surface area contributed by atoms with Gasteiger partial charge in [-0.2, -0.15) is 0 Å². The molecule has 0 amide bonds. The number of benzene rings is 3. The first-order chi connectivity index (χ1) is 12.3. The number of piperazine rings is 1. The fraction of sp³-hybridized carbons (Fsp3) is 0.273. The van der Waals surface area contributed by atoms with Crippen molar-refractivity contribution in [2.24, 2.45) is 0 Å². The van der Waals surface area contributed by atoms with E-state index < -0.39 is 6.10 Å². The predicted octanol–water partition coefficient (Wildman–Crippen LogP) is 3.70. The Kier molecular flexibility index (Phi) is 4.68. The molecule has 0 spiro atoms. The Bertz CT molecular complexity index is 826. The molecule has 128 valence electrons. The van der Waals surface area contributed by atoms with Crippen LogP contribution >= 0.6 is 0 Å². The first-order valence-corrected chi connectivity index (χ1v) is 8.99. The summed E-state index contributed by atoms with van der Waals surface area (Å²) in [6.45, 7) is 4.68. The number of nitrogens with zero attached hydrogens (tertiary/aromatic N) is 2. The average Bonchev–Trinajstić information content (AvgIpc) is 2.69. The zero-order chi connectivity index (χ0) is 17.1. The number of aliphatic hydroxyl groups is 1. The molecule has 3 aromatic rings. The molecule has 0 aromatic heterocycles. The van der Waals surface area contributed by atoms with Crippen LogP contribution in [0, 0.1) is 0 Å². The molecule has 0 saturated carbocycles. The quantitative estimate of drug-likeness (QED) is 0.789. The van der Waals surface area contributed by atoms with Gasteiger partial charge >= 0.3 is 0 Å². The third-order valence-electron chi connectivity index (χ3n) is 5.08. The van der Waals surface area contributed by atoms with Gasteiger partial charge in [0.05, 0.1) is 6.10 Å². The largest absolute Gasteiger partial charge is 0.387 e. The maximum absolute atomic E-state index is 10.7. The fourth-order valence-corrected chi connectivity index (χ4v) is 3.59. The summed E-state index contributed by atoms with van der Waals surface area (Å²) in [5.74, 6) is 0. The van der Waals surface area contributed by atoms with Crippen molar-refractivity contribution >= 4 is 16.5 Å². The molecule has 3 aromatic carbocycles.